The lowest BCUT2D eigenvalue weighted by Crippen LogP contribution is -2.13. The van der Waals surface area contributed by atoms with Gasteiger partial charge in [-0.2, -0.15) is 5.10 Å². The Kier molecular flexibility index (Phi) is 7.43. The summed E-state index contributed by atoms with van der Waals surface area (Å²) in [6.45, 7) is 3.72. The fourth-order valence-corrected chi connectivity index (χ4v) is 3.35. The summed E-state index contributed by atoms with van der Waals surface area (Å²) in [5, 5.41) is 5.17. The number of esters is 1. The van der Waals surface area contributed by atoms with E-state index in [9.17, 15) is 14.0 Å². The average molecular weight is 457 g/mol. The first-order valence-electron chi connectivity index (χ1n) is 9.79. The van der Waals surface area contributed by atoms with Crippen molar-refractivity contribution in [3.8, 4) is 5.75 Å². The molecule has 3 aromatic rings. The number of aromatic nitrogens is 2. The number of ketones is 1. The molecule has 1 aromatic heterocycles. The van der Waals surface area contributed by atoms with Crippen LogP contribution >= 0.6 is 11.6 Å². The number of Topliss-reactive ketones (excluding diaryl/α,β-unsaturated/α-hetero) is 1. The van der Waals surface area contributed by atoms with Crippen molar-refractivity contribution in [1.82, 2.24) is 9.78 Å². The Morgan fingerprint density at radius 2 is 1.94 bits per heavy atom. The van der Waals surface area contributed by atoms with Crippen LogP contribution in [0.1, 0.15) is 32.9 Å². The van der Waals surface area contributed by atoms with E-state index in [1.165, 1.54) is 25.3 Å². The van der Waals surface area contributed by atoms with Crippen molar-refractivity contribution in [2.45, 2.75) is 20.4 Å². The van der Waals surface area contributed by atoms with E-state index in [4.69, 9.17) is 21.1 Å². The monoisotopic (exact) mass is 456 g/mol. The minimum absolute atomic E-state index is 0.0299. The Balaban J connectivity index is 1.63. The Morgan fingerprint density at radius 3 is 2.62 bits per heavy atom. The van der Waals surface area contributed by atoms with Crippen LogP contribution in [0.3, 0.4) is 0 Å². The highest BCUT2D eigenvalue weighted by atomic mass is 35.5. The van der Waals surface area contributed by atoms with Crippen molar-refractivity contribution in [3.63, 3.8) is 0 Å². The Hall–Kier alpha value is -3.45. The minimum atomic E-state index is -0.690. The molecule has 0 N–H and O–H groups in total. The summed E-state index contributed by atoms with van der Waals surface area (Å²) in [4.78, 5) is 24.2. The molecule has 0 aliphatic rings. The molecule has 0 radical (unpaired) electrons. The smallest absolute Gasteiger partial charge is 0.331 e. The molecular formula is C24H22ClFN2O4. The minimum Gasteiger partial charge on any atom is -0.494 e. The second-order valence-electron chi connectivity index (χ2n) is 7.05. The maximum Gasteiger partial charge on any atom is 0.331 e. The summed E-state index contributed by atoms with van der Waals surface area (Å²) in [6, 6.07) is 11.3. The molecule has 0 saturated carbocycles. The van der Waals surface area contributed by atoms with Crippen molar-refractivity contribution < 1.29 is 23.5 Å². The Labute approximate surface area is 190 Å². The largest absolute Gasteiger partial charge is 0.494 e. The highest BCUT2D eigenvalue weighted by Crippen LogP contribution is 2.21. The number of aryl methyl sites for hydroxylation is 1. The molecule has 0 aliphatic carbocycles. The number of halogens is 2. The number of carbonyl (C=O) groups is 2. The average Bonchev–Trinajstić information content (AvgIpc) is 3.04. The lowest BCUT2D eigenvalue weighted by Gasteiger charge is -2.06. The molecule has 0 fully saturated rings. The van der Waals surface area contributed by atoms with E-state index in [2.05, 4.69) is 5.10 Å². The van der Waals surface area contributed by atoms with E-state index >= 15 is 0 Å². The van der Waals surface area contributed by atoms with Gasteiger partial charge in [0.1, 0.15) is 0 Å². The summed E-state index contributed by atoms with van der Waals surface area (Å²) < 4.78 is 25.4. The van der Waals surface area contributed by atoms with Gasteiger partial charge in [0.05, 0.1) is 19.3 Å². The highest BCUT2D eigenvalue weighted by molar-refractivity contribution is 6.31. The number of hydrogen-bond donors (Lipinski definition) is 0. The molecule has 0 atom stereocenters. The van der Waals surface area contributed by atoms with Gasteiger partial charge in [-0.05, 0) is 49.8 Å². The second kappa shape index (κ2) is 10.2. The topological polar surface area (TPSA) is 70.4 Å². The highest BCUT2D eigenvalue weighted by Gasteiger charge is 2.14. The van der Waals surface area contributed by atoms with Crippen molar-refractivity contribution >= 4 is 29.4 Å². The number of ether oxygens (including phenoxy) is 2. The van der Waals surface area contributed by atoms with E-state index < -0.39 is 24.2 Å². The van der Waals surface area contributed by atoms with Gasteiger partial charge in [0.25, 0.3) is 0 Å². The molecule has 3 rings (SSSR count). The second-order valence-corrected chi connectivity index (χ2v) is 7.45. The molecule has 2 aromatic carbocycles. The maximum atomic E-state index is 13.7. The van der Waals surface area contributed by atoms with Crippen LogP contribution in [-0.2, 0) is 16.1 Å². The van der Waals surface area contributed by atoms with Crippen molar-refractivity contribution in [3.05, 3.63) is 87.5 Å². The summed E-state index contributed by atoms with van der Waals surface area (Å²) in [6.07, 6.45) is 2.83. The van der Waals surface area contributed by atoms with Crippen molar-refractivity contribution in [2.24, 2.45) is 0 Å². The maximum absolute atomic E-state index is 13.7. The molecule has 166 valence electrons. The van der Waals surface area contributed by atoms with Crippen LogP contribution in [0, 0.1) is 19.7 Å². The third kappa shape index (κ3) is 5.42. The lowest BCUT2D eigenvalue weighted by atomic mass is 10.1. The Morgan fingerprint density at radius 1 is 1.19 bits per heavy atom. The SMILES string of the molecule is COc1ccc(C(=O)COC(=O)/C=C/c2c(C)nn(Cc3ccccc3Cl)c2C)cc1F. The summed E-state index contributed by atoms with van der Waals surface area (Å²) in [7, 11) is 1.33. The first-order valence-corrected chi connectivity index (χ1v) is 10.2. The van der Waals surface area contributed by atoms with Gasteiger partial charge in [0.15, 0.2) is 24.0 Å². The van der Waals surface area contributed by atoms with Gasteiger partial charge in [-0.25, -0.2) is 9.18 Å². The fraction of sp³-hybridized carbons (Fsp3) is 0.208. The fourth-order valence-electron chi connectivity index (χ4n) is 3.15. The van der Waals surface area contributed by atoms with Gasteiger partial charge in [0.2, 0.25) is 0 Å². The van der Waals surface area contributed by atoms with E-state index in [0.717, 1.165) is 28.6 Å². The molecular weight excluding hydrogens is 435 g/mol. The van der Waals surface area contributed by atoms with Gasteiger partial charge in [-0.15, -0.1) is 0 Å². The van der Waals surface area contributed by atoms with Crippen LogP contribution in [0.2, 0.25) is 5.02 Å². The molecule has 6 nitrogen and oxygen atoms in total. The van der Waals surface area contributed by atoms with Gasteiger partial charge in [-0.3, -0.25) is 9.48 Å². The van der Waals surface area contributed by atoms with Gasteiger partial charge in [0, 0.05) is 27.9 Å². The van der Waals surface area contributed by atoms with Crippen LogP contribution in [0.4, 0.5) is 4.39 Å². The molecule has 0 unspecified atom stereocenters. The molecule has 0 amide bonds. The van der Waals surface area contributed by atoms with Gasteiger partial charge < -0.3 is 9.47 Å². The van der Waals surface area contributed by atoms with Crippen LogP contribution in [0.25, 0.3) is 6.08 Å². The number of rotatable bonds is 8. The number of methoxy groups -OCH3 is 1. The predicted octanol–water partition coefficient (Wildman–Crippen LogP) is 4.79. The molecule has 1 heterocycles. The molecule has 0 spiro atoms. The van der Waals surface area contributed by atoms with Crippen LogP contribution in [0.15, 0.2) is 48.5 Å². The van der Waals surface area contributed by atoms with Crippen LogP contribution in [-0.4, -0.2) is 35.2 Å². The van der Waals surface area contributed by atoms with E-state index in [0.29, 0.717) is 11.6 Å². The quantitative estimate of drug-likeness (QED) is 0.277. The van der Waals surface area contributed by atoms with Gasteiger partial charge in [-0.1, -0.05) is 29.8 Å². The summed E-state index contributed by atoms with van der Waals surface area (Å²) in [5.41, 5.74) is 3.40. The predicted molar refractivity (Wildman–Crippen MR) is 120 cm³/mol. The standard InChI is InChI=1S/C24H22ClFN2O4/c1-15-19(16(2)28(27-15)13-18-6-4-5-7-20(18)25)9-11-24(30)32-14-22(29)17-8-10-23(31-3)21(26)12-17/h4-12H,13-14H2,1-3H3/b11-9+. The zero-order valence-electron chi connectivity index (χ0n) is 17.9. The third-order valence-corrected chi connectivity index (χ3v) is 5.29. The molecule has 0 bridgehead atoms. The molecule has 0 aliphatic heterocycles. The zero-order valence-corrected chi connectivity index (χ0v) is 18.6. The lowest BCUT2D eigenvalue weighted by molar-refractivity contribution is -0.136. The number of hydrogen-bond acceptors (Lipinski definition) is 5. The zero-order chi connectivity index (χ0) is 23.3. The van der Waals surface area contributed by atoms with Crippen LogP contribution < -0.4 is 4.74 Å². The summed E-state index contributed by atoms with van der Waals surface area (Å²) >= 11 is 6.23. The van der Waals surface area contributed by atoms with E-state index in [1.807, 2.05) is 42.8 Å². The number of carbonyl (C=O) groups excluding carboxylic acids is 2. The molecule has 8 heteroatoms. The molecule has 0 saturated heterocycles. The van der Waals surface area contributed by atoms with Crippen molar-refractivity contribution in [2.75, 3.05) is 13.7 Å². The third-order valence-electron chi connectivity index (χ3n) is 4.92. The first-order chi connectivity index (χ1) is 15.3. The van der Waals surface area contributed by atoms with E-state index in [1.54, 1.807) is 6.08 Å². The number of nitrogens with zero attached hydrogens (tertiary/aromatic N) is 2. The number of benzene rings is 2. The molecule has 32 heavy (non-hydrogen) atoms. The van der Waals surface area contributed by atoms with E-state index in [-0.39, 0.29) is 11.3 Å². The van der Waals surface area contributed by atoms with Crippen molar-refractivity contribution in [1.29, 1.82) is 0 Å². The Bertz CT molecular complexity index is 1190. The summed E-state index contributed by atoms with van der Waals surface area (Å²) in [5.74, 6) is -1.84. The van der Waals surface area contributed by atoms with Crippen LogP contribution in [0.5, 0.6) is 5.75 Å². The normalized spacial score (nSPS) is 11.0. The first kappa shape index (κ1) is 23.2. The van der Waals surface area contributed by atoms with Gasteiger partial charge >= 0.3 is 5.97 Å².